The Bertz CT molecular complexity index is 1520. The minimum atomic E-state index is -1.82. The van der Waals surface area contributed by atoms with Crippen LogP contribution in [0.4, 0.5) is 0 Å². The summed E-state index contributed by atoms with van der Waals surface area (Å²) >= 11 is 0. The Morgan fingerprint density at radius 1 is 0.588 bits per heavy atom. The summed E-state index contributed by atoms with van der Waals surface area (Å²) in [5.74, 6) is -2.51. The molecule has 2 heterocycles. The third-order valence-corrected chi connectivity index (χ3v) is 11.0. The number of amides is 5. The minimum Gasteiger partial charge on any atom is -0.394 e. The Kier molecular flexibility index (Phi) is 30.4. The Balaban J connectivity index is 1.71. The largest absolute Gasteiger partial charge is 0.394 e. The maximum atomic E-state index is 12.9. The second-order valence-corrected chi connectivity index (χ2v) is 16.7. The van der Waals surface area contributed by atoms with Crippen molar-refractivity contribution >= 4 is 41.8 Å². The van der Waals surface area contributed by atoms with E-state index in [-0.39, 0.29) is 76.8 Å². The summed E-state index contributed by atoms with van der Waals surface area (Å²) in [6, 6.07) is 0. The lowest BCUT2D eigenvalue weighted by Gasteiger charge is -2.45. The van der Waals surface area contributed by atoms with Crippen molar-refractivity contribution < 1.29 is 93.1 Å². The highest BCUT2D eigenvalue weighted by Gasteiger charge is 2.51. The van der Waals surface area contributed by atoms with E-state index >= 15 is 0 Å². The van der Waals surface area contributed by atoms with Crippen LogP contribution in [0.15, 0.2) is 0 Å². The fraction of sp³-hybridized carbons (Fsp3) is 0.837. The van der Waals surface area contributed by atoms with Gasteiger partial charge in [0, 0.05) is 58.9 Å². The highest BCUT2D eigenvalue weighted by atomic mass is 16.7. The smallest absolute Gasteiger partial charge is 0.332 e. The van der Waals surface area contributed by atoms with Crippen LogP contribution < -0.4 is 21.3 Å². The third-order valence-electron chi connectivity index (χ3n) is 11.0. The molecule has 0 spiro atoms. The van der Waals surface area contributed by atoms with Crippen LogP contribution in [0.3, 0.4) is 0 Å². The summed E-state index contributed by atoms with van der Waals surface area (Å²) in [4.78, 5) is 91.5. The molecule has 0 aromatic heterocycles. The summed E-state index contributed by atoms with van der Waals surface area (Å²) in [6.45, 7) is 0.892. The number of nitrogens with zero attached hydrogens (tertiary/aromatic N) is 2. The molecule has 2 aliphatic heterocycles. The molecule has 5 amide bonds. The number of hydrogen-bond acceptors (Lipinski definition) is 20. The van der Waals surface area contributed by atoms with Crippen molar-refractivity contribution in [2.75, 3.05) is 72.7 Å². The Morgan fingerprint density at radius 2 is 1.10 bits per heavy atom. The molecular formula is C43H76N6O19. The summed E-state index contributed by atoms with van der Waals surface area (Å²) < 4.78 is 21.9. The SMILES string of the molecule is CCCCCCNC(=O)CN(CC(=O)NCCCCCC(=O)NCCO[C@H]1OC(CO)[C@@H](O)C(O[C@H]2OC(CO)[C@@H](O)C(O)C2O)C1O)CC(=O)NCCCCCC(=O)ON(C)C(=O)CCC=O. The summed E-state index contributed by atoms with van der Waals surface area (Å²) in [7, 11) is 1.30. The fourth-order valence-corrected chi connectivity index (χ4v) is 7.07. The van der Waals surface area contributed by atoms with Crippen LogP contribution in [0.25, 0.3) is 0 Å². The molecule has 25 nitrogen and oxygen atoms in total. The number of carbonyl (C=O) groups excluding carboxylic acids is 7. The number of carbonyl (C=O) groups is 7. The maximum Gasteiger partial charge on any atom is 0.332 e. The predicted octanol–water partition coefficient (Wildman–Crippen LogP) is -4.01. The van der Waals surface area contributed by atoms with E-state index in [1.807, 2.05) is 0 Å². The van der Waals surface area contributed by atoms with Gasteiger partial charge < -0.3 is 85.6 Å². The first kappa shape index (κ1) is 60.1. The van der Waals surface area contributed by atoms with E-state index < -0.39 is 98.3 Å². The van der Waals surface area contributed by atoms with E-state index in [9.17, 15) is 69.3 Å². The van der Waals surface area contributed by atoms with Gasteiger partial charge in [0.1, 0.15) is 55.1 Å². The molecule has 392 valence electrons. The van der Waals surface area contributed by atoms with Gasteiger partial charge in [-0.2, -0.15) is 5.06 Å². The third kappa shape index (κ3) is 23.1. The monoisotopic (exact) mass is 981 g/mol. The Morgan fingerprint density at radius 3 is 1.65 bits per heavy atom. The van der Waals surface area contributed by atoms with Gasteiger partial charge in [-0.3, -0.25) is 28.9 Å². The van der Waals surface area contributed by atoms with Crippen molar-refractivity contribution in [3.63, 3.8) is 0 Å². The second-order valence-electron chi connectivity index (χ2n) is 16.7. The van der Waals surface area contributed by atoms with Gasteiger partial charge >= 0.3 is 5.97 Å². The highest BCUT2D eigenvalue weighted by molar-refractivity contribution is 5.84. The first-order valence-corrected chi connectivity index (χ1v) is 23.5. The zero-order chi connectivity index (χ0) is 50.4. The summed E-state index contributed by atoms with van der Waals surface area (Å²) in [5, 5.41) is 83.0. The first-order valence-electron chi connectivity index (χ1n) is 23.5. The lowest BCUT2D eigenvalue weighted by molar-refractivity contribution is -0.360. The van der Waals surface area contributed by atoms with E-state index in [2.05, 4.69) is 28.2 Å². The average molecular weight is 981 g/mol. The number of hydroxylamine groups is 2. The lowest BCUT2D eigenvalue weighted by atomic mass is 9.97. The molecule has 2 aliphatic rings. The predicted molar refractivity (Wildman–Crippen MR) is 236 cm³/mol. The lowest BCUT2D eigenvalue weighted by Crippen LogP contribution is -2.64. The quantitative estimate of drug-likeness (QED) is 0.0166. The van der Waals surface area contributed by atoms with Crippen molar-refractivity contribution in [1.29, 1.82) is 0 Å². The molecule has 0 aromatic rings. The average Bonchev–Trinajstić information content (AvgIpc) is 3.30. The standard InChI is InChI=1S/C43H76N6O19/c1-3-4-5-10-17-44-31(54)23-49(25-33(56)46-19-12-7-9-16-35(58)68-48(2)34(57)15-13-21-50)24-32(55)45-18-11-6-8-14-30(53)47-20-22-64-42-40(63)41(37(60)29(27-52)65-42)67-43-39(62)38(61)36(59)28(26-51)66-43/h21,28-29,36-43,51-52,59-63H,3-20,22-27H2,1-2H3,(H,44,54)(H,45,55)(H,46,56)(H,47,53)/t28?,29?,36-,37-,38?,39?,40?,41?,42+,43-/m1/s1. The molecule has 0 radical (unpaired) electrons. The van der Waals surface area contributed by atoms with E-state index in [1.165, 1.54) is 11.9 Å². The number of aldehydes is 1. The van der Waals surface area contributed by atoms with Crippen molar-refractivity contribution in [3.05, 3.63) is 0 Å². The van der Waals surface area contributed by atoms with Crippen molar-refractivity contribution in [1.82, 2.24) is 31.2 Å². The summed E-state index contributed by atoms with van der Waals surface area (Å²) in [5.41, 5.74) is 0. The number of aliphatic hydroxyl groups excluding tert-OH is 7. The maximum absolute atomic E-state index is 12.9. The molecule has 25 heteroatoms. The molecule has 11 N–H and O–H groups in total. The van der Waals surface area contributed by atoms with E-state index in [1.54, 1.807) is 0 Å². The first-order chi connectivity index (χ1) is 32.6. The normalized spacial score (nSPS) is 24.7. The van der Waals surface area contributed by atoms with Gasteiger partial charge in [-0.05, 0) is 32.1 Å². The molecular weight excluding hydrogens is 904 g/mol. The van der Waals surface area contributed by atoms with Gasteiger partial charge in [0.25, 0.3) is 5.91 Å². The van der Waals surface area contributed by atoms with Gasteiger partial charge in [0.15, 0.2) is 12.6 Å². The van der Waals surface area contributed by atoms with Gasteiger partial charge in [0.05, 0.1) is 39.5 Å². The number of unbranched alkanes of at least 4 members (excludes halogenated alkanes) is 7. The molecule has 2 fully saturated rings. The zero-order valence-electron chi connectivity index (χ0n) is 39.2. The molecule has 0 bridgehead atoms. The zero-order valence-corrected chi connectivity index (χ0v) is 39.2. The van der Waals surface area contributed by atoms with Crippen molar-refractivity contribution in [3.8, 4) is 0 Å². The fourth-order valence-electron chi connectivity index (χ4n) is 7.07. The van der Waals surface area contributed by atoms with Crippen LogP contribution in [0.5, 0.6) is 0 Å². The molecule has 6 unspecified atom stereocenters. The number of nitrogens with one attached hydrogen (secondary N) is 4. The van der Waals surface area contributed by atoms with E-state index in [0.717, 1.165) is 30.7 Å². The van der Waals surface area contributed by atoms with Crippen molar-refractivity contribution in [2.45, 2.75) is 158 Å². The molecule has 2 saturated heterocycles. The van der Waals surface area contributed by atoms with Gasteiger partial charge in [0.2, 0.25) is 23.6 Å². The van der Waals surface area contributed by atoms with Crippen LogP contribution in [0.1, 0.15) is 96.8 Å². The molecule has 0 aliphatic carbocycles. The van der Waals surface area contributed by atoms with Gasteiger partial charge in [-0.1, -0.05) is 39.0 Å². The number of aliphatic hydroxyl groups is 7. The van der Waals surface area contributed by atoms with Crippen LogP contribution in [-0.4, -0.2) is 222 Å². The Hall–Kier alpha value is -3.99. The number of ether oxygens (including phenoxy) is 4. The van der Waals surface area contributed by atoms with Crippen molar-refractivity contribution in [2.24, 2.45) is 0 Å². The van der Waals surface area contributed by atoms with Crippen LogP contribution in [-0.2, 0) is 57.3 Å². The molecule has 0 saturated carbocycles. The molecule has 68 heavy (non-hydrogen) atoms. The number of hydrogen-bond donors (Lipinski definition) is 11. The van der Waals surface area contributed by atoms with Gasteiger partial charge in [-0.15, -0.1) is 0 Å². The minimum absolute atomic E-state index is 0.00923. The topological polar surface area (TPSA) is 362 Å². The molecule has 2 rings (SSSR count). The van der Waals surface area contributed by atoms with Crippen LogP contribution in [0, 0.1) is 0 Å². The van der Waals surface area contributed by atoms with Crippen LogP contribution in [0.2, 0.25) is 0 Å². The molecule has 0 aromatic carbocycles. The van der Waals surface area contributed by atoms with E-state index in [4.69, 9.17) is 23.8 Å². The second kappa shape index (κ2) is 34.3. The van der Waals surface area contributed by atoms with E-state index in [0.29, 0.717) is 57.9 Å². The Labute approximate surface area is 396 Å². The van der Waals surface area contributed by atoms with Gasteiger partial charge in [-0.25, -0.2) is 4.79 Å². The number of rotatable bonds is 34. The highest BCUT2D eigenvalue weighted by Crippen LogP contribution is 2.29. The van der Waals surface area contributed by atoms with Crippen LogP contribution >= 0.6 is 0 Å². The molecule has 10 atom stereocenters. The summed E-state index contributed by atoms with van der Waals surface area (Å²) in [6.07, 6.45) is -8.18.